The summed E-state index contributed by atoms with van der Waals surface area (Å²) in [5, 5.41) is 0. The van der Waals surface area contributed by atoms with Gasteiger partial charge in [0.1, 0.15) is 28.8 Å². The minimum absolute atomic E-state index is 0.0489. The van der Waals surface area contributed by atoms with Crippen LogP contribution >= 0.6 is 0 Å². The van der Waals surface area contributed by atoms with Crippen molar-refractivity contribution in [1.29, 1.82) is 0 Å². The van der Waals surface area contributed by atoms with Crippen molar-refractivity contribution in [1.82, 2.24) is 0 Å². The Morgan fingerprint density at radius 3 is 2.17 bits per heavy atom. The molecule has 1 fully saturated rings. The van der Waals surface area contributed by atoms with Crippen molar-refractivity contribution in [3.05, 3.63) is 76.6 Å². The quantitative estimate of drug-likeness (QED) is 0.183. The predicted octanol–water partition coefficient (Wildman–Crippen LogP) is 6.95. The lowest BCUT2D eigenvalue weighted by molar-refractivity contribution is -0.432. The first-order valence-corrected chi connectivity index (χ1v) is 10.2. The summed E-state index contributed by atoms with van der Waals surface area (Å²) in [5.41, 5.74) is -2.52. The van der Waals surface area contributed by atoms with E-state index in [0.29, 0.717) is 18.6 Å². The van der Waals surface area contributed by atoms with Crippen molar-refractivity contribution in [2.24, 2.45) is 5.92 Å². The number of ether oxygens (including phenoxy) is 3. The van der Waals surface area contributed by atoms with Crippen molar-refractivity contribution in [2.45, 2.75) is 38.3 Å². The van der Waals surface area contributed by atoms with Crippen molar-refractivity contribution >= 4 is 5.97 Å². The van der Waals surface area contributed by atoms with Crippen LogP contribution in [0.25, 0.3) is 0 Å². The van der Waals surface area contributed by atoms with Gasteiger partial charge in [-0.2, -0.15) is 8.78 Å². The van der Waals surface area contributed by atoms with E-state index in [2.05, 4.69) is 9.47 Å². The summed E-state index contributed by atoms with van der Waals surface area (Å²) in [6, 6.07) is 3.59. The number of carbonyl (C=O) groups is 1. The average molecular weight is 510 g/mol. The van der Waals surface area contributed by atoms with E-state index in [4.69, 9.17) is 4.74 Å². The molecule has 12 heteroatoms. The molecule has 2 unspecified atom stereocenters. The van der Waals surface area contributed by atoms with Crippen LogP contribution in [0.2, 0.25) is 0 Å². The summed E-state index contributed by atoms with van der Waals surface area (Å²) >= 11 is 0. The zero-order valence-corrected chi connectivity index (χ0v) is 18.0. The minimum atomic E-state index is -5.89. The molecule has 4 nitrogen and oxygen atoms in total. The van der Waals surface area contributed by atoms with Crippen molar-refractivity contribution < 1.29 is 54.1 Å². The van der Waals surface area contributed by atoms with E-state index >= 15 is 0 Å². The normalized spacial score (nSPS) is 19.2. The first-order valence-electron chi connectivity index (χ1n) is 10.2. The number of benzene rings is 2. The van der Waals surface area contributed by atoms with E-state index in [9.17, 15) is 39.9 Å². The van der Waals surface area contributed by atoms with Gasteiger partial charge in [-0.1, -0.05) is 18.2 Å². The smallest absolute Gasteiger partial charge is 0.423 e. The van der Waals surface area contributed by atoms with Crippen molar-refractivity contribution in [3.8, 4) is 5.75 Å². The fraction of sp³-hybridized carbons (Fsp3) is 0.348. The van der Waals surface area contributed by atoms with Gasteiger partial charge in [-0.05, 0) is 37.5 Å². The Labute approximate surface area is 194 Å². The molecule has 0 N–H and O–H groups in total. The standard InChI is InChI=1S/C23H18F8O4/c1-2-3-12-4-7-19(33-11-12)13-5-6-15(16(24)8-13)21(32)34-14-9-17(25)20(18(26)10-14)22(27,28)35-23(29,30)31/h2-3,5-6,8-10,12,19H,4,7,11H2,1H3. The topological polar surface area (TPSA) is 44.8 Å². The molecule has 1 heterocycles. The lowest BCUT2D eigenvalue weighted by Crippen LogP contribution is -2.29. The van der Waals surface area contributed by atoms with Gasteiger partial charge in [0.2, 0.25) is 0 Å². The highest BCUT2D eigenvalue weighted by atomic mass is 19.4. The van der Waals surface area contributed by atoms with Gasteiger partial charge in [-0.15, -0.1) is 13.2 Å². The van der Waals surface area contributed by atoms with Crippen molar-refractivity contribution in [3.63, 3.8) is 0 Å². The Hall–Kier alpha value is -2.99. The van der Waals surface area contributed by atoms with E-state index in [0.717, 1.165) is 18.6 Å². The molecule has 2 aromatic rings. The molecule has 1 aliphatic heterocycles. The Morgan fingerprint density at radius 2 is 1.66 bits per heavy atom. The van der Waals surface area contributed by atoms with Gasteiger partial charge in [0.15, 0.2) is 0 Å². The predicted molar refractivity (Wildman–Crippen MR) is 105 cm³/mol. The Balaban J connectivity index is 1.74. The first-order chi connectivity index (χ1) is 16.3. The third-order valence-electron chi connectivity index (χ3n) is 5.12. The second-order valence-electron chi connectivity index (χ2n) is 7.64. The number of hydrogen-bond acceptors (Lipinski definition) is 4. The zero-order chi connectivity index (χ0) is 26.0. The van der Waals surface area contributed by atoms with Gasteiger partial charge in [0.05, 0.1) is 18.3 Å². The second kappa shape index (κ2) is 10.3. The van der Waals surface area contributed by atoms with Crippen LogP contribution in [0.3, 0.4) is 0 Å². The molecule has 0 amide bonds. The third kappa shape index (κ3) is 6.57. The van der Waals surface area contributed by atoms with Gasteiger partial charge in [0, 0.05) is 18.1 Å². The van der Waals surface area contributed by atoms with Crippen LogP contribution in [0.4, 0.5) is 35.1 Å². The number of rotatable bonds is 6. The zero-order valence-electron chi connectivity index (χ0n) is 18.0. The van der Waals surface area contributed by atoms with Crippen molar-refractivity contribution in [2.75, 3.05) is 6.61 Å². The molecule has 0 radical (unpaired) electrons. The highest BCUT2D eigenvalue weighted by Crippen LogP contribution is 2.40. The van der Waals surface area contributed by atoms with Gasteiger partial charge >= 0.3 is 18.4 Å². The number of carbonyl (C=O) groups excluding carboxylic acids is 1. The van der Waals surface area contributed by atoms with Crippen LogP contribution in [-0.2, 0) is 15.6 Å². The van der Waals surface area contributed by atoms with Crippen LogP contribution in [0, 0.1) is 23.4 Å². The van der Waals surface area contributed by atoms with Gasteiger partial charge < -0.3 is 9.47 Å². The molecule has 1 saturated heterocycles. The van der Waals surface area contributed by atoms with Crippen LogP contribution in [0.15, 0.2) is 42.5 Å². The second-order valence-corrected chi connectivity index (χ2v) is 7.64. The van der Waals surface area contributed by atoms with Gasteiger partial charge in [0.25, 0.3) is 0 Å². The summed E-state index contributed by atoms with van der Waals surface area (Å²) < 4.78 is 119. The number of allylic oxidation sites excluding steroid dienone is 1. The van der Waals surface area contributed by atoms with Crippen LogP contribution in [0.1, 0.15) is 47.4 Å². The lowest BCUT2D eigenvalue weighted by atomic mass is 9.94. The summed E-state index contributed by atoms with van der Waals surface area (Å²) in [4.78, 5) is 12.3. The molecular formula is C23H18F8O4. The lowest BCUT2D eigenvalue weighted by Gasteiger charge is -2.27. The van der Waals surface area contributed by atoms with Crippen LogP contribution in [-0.4, -0.2) is 18.9 Å². The maximum Gasteiger partial charge on any atom is 0.527 e. The molecule has 190 valence electrons. The van der Waals surface area contributed by atoms with E-state index < -0.39 is 58.9 Å². The number of halogens is 8. The number of esters is 1. The molecule has 1 aliphatic rings. The number of hydrogen-bond donors (Lipinski definition) is 0. The summed E-state index contributed by atoms with van der Waals surface area (Å²) in [6.07, 6.45) is -6.39. The van der Waals surface area contributed by atoms with Crippen LogP contribution in [0.5, 0.6) is 5.75 Å². The van der Waals surface area contributed by atoms with Gasteiger partial charge in [-0.25, -0.2) is 22.7 Å². The largest absolute Gasteiger partial charge is 0.527 e. The molecular weight excluding hydrogens is 492 g/mol. The Morgan fingerprint density at radius 1 is 1.00 bits per heavy atom. The van der Waals surface area contributed by atoms with Crippen LogP contribution < -0.4 is 4.74 Å². The first kappa shape index (κ1) is 26.6. The molecule has 35 heavy (non-hydrogen) atoms. The molecule has 0 saturated carbocycles. The van der Waals surface area contributed by atoms with E-state index in [-0.39, 0.29) is 18.1 Å². The highest BCUT2D eigenvalue weighted by molar-refractivity contribution is 5.91. The van der Waals surface area contributed by atoms with E-state index in [1.807, 2.05) is 19.1 Å². The highest BCUT2D eigenvalue weighted by Gasteiger charge is 2.49. The maximum absolute atomic E-state index is 14.6. The third-order valence-corrected chi connectivity index (χ3v) is 5.12. The molecule has 2 aromatic carbocycles. The Bertz CT molecular complexity index is 1080. The molecule has 0 aliphatic carbocycles. The van der Waals surface area contributed by atoms with E-state index in [1.54, 1.807) is 0 Å². The molecule has 0 spiro atoms. The fourth-order valence-corrected chi connectivity index (χ4v) is 3.60. The molecule has 0 bridgehead atoms. The SMILES string of the molecule is CC=CC1CCC(c2ccc(C(=O)Oc3cc(F)c(C(F)(F)OC(F)(F)F)c(F)c3)c(F)c2)OC1. The maximum atomic E-state index is 14.6. The monoisotopic (exact) mass is 510 g/mol. The van der Waals surface area contributed by atoms with E-state index in [1.165, 1.54) is 6.07 Å². The van der Waals surface area contributed by atoms with Gasteiger partial charge in [-0.3, -0.25) is 0 Å². The Kier molecular flexibility index (Phi) is 7.85. The minimum Gasteiger partial charge on any atom is -0.423 e. The summed E-state index contributed by atoms with van der Waals surface area (Å²) in [6.45, 7) is 2.31. The average Bonchev–Trinajstić information content (AvgIpc) is 2.71. The molecule has 3 rings (SSSR count). The molecule has 2 atom stereocenters. The fourth-order valence-electron chi connectivity index (χ4n) is 3.60. The molecule has 0 aromatic heterocycles. The summed E-state index contributed by atoms with van der Waals surface area (Å²) in [5.74, 6) is -7.55. The number of alkyl halides is 5. The summed E-state index contributed by atoms with van der Waals surface area (Å²) in [7, 11) is 0.